The first-order valence-corrected chi connectivity index (χ1v) is 8.64. The fraction of sp³-hybridized carbons (Fsp3) is 0.190. The Hall–Kier alpha value is -3.05. The van der Waals surface area contributed by atoms with Crippen LogP contribution in [0.4, 0.5) is 0 Å². The smallest absolute Gasteiger partial charge is 0.272 e. The van der Waals surface area contributed by atoms with Crippen LogP contribution < -0.4 is 11.3 Å². The van der Waals surface area contributed by atoms with Crippen LogP contribution in [0, 0.1) is 0 Å². The summed E-state index contributed by atoms with van der Waals surface area (Å²) >= 11 is 0. The highest BCUT2D eigenvalue weighted by Crippen LogP contribution is 2.35. The van der Waals surface area contributed by atoms with Crippen molar-refractivity contribution in [2.75, 3.05) is 6.54 Å². The number of fused-ring (bicyclic) bond motifs is 3. The summed E-state index contributed by atoms with van der Waals surface area (Å²) in [5.74, 6) is 0.477. The third kappa shape index (κ3) is 2.48. The van der Waals surface area contributed by atoms with Crippen molar-refractivity contribution in [3.05, 3.63) is 64.6 Å². The van der Waals surface area contributed by atoms with Gasteiger partial charge in [0.1, 0.15) is 11.3 Å². The molecule has 4 N–H and O–H groups in total. The second-order valence-electron chi connectivity index (χ2n) is 6.82. The van der Waals surface area contributed by atoms with E-state index in [0.29, 0.717) is 23.5 Å². The average Bonchev–Trinajstić information content (AvgIpc) is 3.00. The van der Waals surface area contributed by atoms with Crippen molar-refractivity contribution in [3.8, 4) is 16.9 Å². The molecule has 2 aromatic carbocycles. The van der Waals surface area contributed by atoms with E-state index >= 15 is 0 Å². The molecule has 0 aliphatic carbocycles. The Bertz CT molecular complexity index is 1170. The maximum absolute atomic E-state index is 12.6. The standard InChI is InChI=1S/C21H21N3O2/c1-12(10-22)13-3-5-14(6-4-13)17-11-24(2)20-19(17)16-9-15(25)7-8-18(16)23-21(20)26/h3-9,11-12,25H,10,22H2,1-2H3,(H,23,26). The molecule has 0 aliphatic rings. The zero-order valence-corrected chi connectivity index (χ0v) is 14.8. The molecule has 0 bridgehead atoms. The summed E-state index contributed by atoms with van der Waals surface area (Å²) in [4.78, 5) is 15.5. The van der Waals surface area contributed by atoms with Crippen LogP contribution in [-0.2, 0) is 7.05 Å². The summed E-state index contributed by atoms with van der Waals surface area (Å²) in [7, 11) is 1.86. The maximum Gasteiger partial charge on any atom is 0.272 e. The Morgan fingerprint density at radius 2 is 1.92 bits per heavy atom. The third-order valence-electron chi connectivity index (χ3n) is 5.06. The van der Waals surface area contributed by atoms with Gasteiger partial charge in [0, 0.05) is 35.1 Å². The van der Waals surface area contributed by atoms with Crippen molar-refractivity contribution in [3.63, 3.8) is 0 Å². The molecule has 0 spiro atoms. The van der Waals surface area contributed by atoms with Gasteiger partial charge in [-0.3, -0.25) is 4.79 Å². The monoisotopic (exact) mass is 347 g/mol. The van der Waals surface area contributed by atoms with Crippen LogP contribution in [0.25, 0.3) is 32.9 Å². The van der Waals surface area contributed by atoms with E-state index in [9.17, 15) is 9.90 Å². The molecule has 4 aromatic rings. The number of benzene rings is 2. The Balaban J connectivity index is 2.03. The molecule has 2 heterocycles. The van der Waals surface area contributed by atoms with Gasteiger partial charge in [0.2, 0.25) is 0 Å². The summed E-state index contributed by atoms with van der Waals surface area (Å²) in [6.07, 6.45) is 1.96. The number of phenolic OH excluding ortho intramolecular Hbond substituents is 1. The van der Waals surface area contributed by atoms with Gasteiger partial charge in [0.25, 0.3) is 5.56 Å². The molecule has 5 heteroatoms. The van der Waals surface area contributed by atoms with E-state index < -0.39 is 0 Å². The van der Waals surface area contributed by atoms with E-state index in [1.54, 1.807) is 18.2 Å². The van der Waals surface area contributed by atoms with E-state index in [0.717, 1.165) is 21.9 Å². The lowest BCUT2D eigenvalue weighted by atomic mass is 9.96. The van der Waals surface area contributed by atoms with E-state index in [2.05, 4.69) is 36.2 Å². The first kappa shape index (κ1) is 16.4. The number of pyridine rings is 1. The van der Waals surface area contributed by atoms with Crippen LogP contribution in [0.5, 0.6) is 5.75 Å². The number of nitrogens with two attached hydrogens (primary N) is 1. The Kier molecular flexibility index (Phi) is 3.81. The lowest BCUT2D eigenvalue weighted by Gasteiger charge is -2.10. The number of H-pyrrole nitrogens is 1. The van der Waals surface area contributed by atoms with E-state index in [1.807, 2.05) is 17.8 Å². The molecule has 0 saturated heterocycles. The van der Waals surface area contributed by atoms with E-state index in [-0.39, 0.29) is 11.3 Å². The fourth-order valence-electron chi connectivity index (χ4n) is 3.55. The fourth-order valence-corrected chi connectivity index (χ4v) is 3.55. The quantitative estimate of drug-likeness (QED) is 0.531. The van der Waals surface area contributed by atoms with Crippen LogP contribution in [0.1, 0.15) is 18.4 Å². The number of nitrogens with one attached hydrogen (secondary N) is 1. The predicted octanol–water partition coefficient (Wildman–Crippen LogP) is 3.45. The average molecular weight is 347 g/mol. The summed E-state index contributed by atoms with van der Waals surface area (Å²) in [6, 6.07) is 13.3. The minimum atomic E-state index is -0.139. The number of hydrogen-bond donors (Lipinski definition) is 3. The number of nitrogens with zero attached hydrogens (tertiary/aromatic N) is 1. The SMILES string of the molecule is CC(CN)c1ccc(-c2cn(C)c3c(=O)[nH]c4ccc(O)cc4c23)cc1. The molecule has 0 saturated carbocycles. The molecule has 132 valence electrons. The lowest BCUT2D eigenvalue weighted by Crippen LogP contribution is -2.09. The van der Waals surface area contributed by atoms with Crippen molar-refractivity contribution in [1.29, 1.82) is 0 Å². The summed E-state index contributed by atoms with van der Waals surface area (Å²) in [5.41, 5.74) is 10.1. The van der Waals surface area contributed by atoms with Gasteiger partial charge in [-0.05, 0) is 41.8 Å². The van der Waals surface area contributed by atoms with Crippen molar-refractivity contribution < 1.29 is 5.11 Å². The second kappa shape index (κ2) is 6.04. The molecular formula is C21H21N3O2. The third-order valence-corrected chi connectivity index (χ3v) is 5.06. The molecule has 0 aliphatic heterocycles. The topological polar surface area (TPSA) is 84.0 Å². The van der Waals surface area contributed by atoms with E-state index in [4.69, 9.17) is 5.73 Å². The molecule has 0 radical (unpaired) electrons. The molecular weight excluding hydrogens is 326 g/mol. The summed E-state index contributed by atoms with van der Waals surface area (Å²) < 4.78 is 1.84. The Morgan fingerprint density at radius 1 is 1.19 bits per heavy atom. The highest BCUT2D eigenvalue weighted by molar-refractivity contribution is 6.12. The van der Waals surface area contributed by atoms with Crippen LogP contribution in [0.15, 0.2) is 53.5 Å². The van der Waals surface area contributed by atoms with Gasteiger partial charge in [-0.1, -0.05) is 31.2 Å². The molecule has 26 heavy (non-hydrogen) atoms. The molecule has 0 amide bonds. The van der Waals surface area contributed by atoms with Crippen LogP contribution in [0.3, 0.4) is 0 Å². The minimum Gasteiger partial charge on any atom is -0.508 e. The van der Waals surface area contributed by atoms with Crippen LogP contribution >= 0.6 is 0 Å². The van der Waals surface area contributed by atoms with E-state index in [1.165, 1.54) is 5.56 Å². The summed E-state index contributed by atoms with van der Waals surface area (Å²) in [5, 5.41) is 11.6. The molecule has 5 nitrogen and oxygen atoms in total. The van der Waals surface area contributed by atoms with Gasteiger partial charge in [-0.15, -0.1) is 0 Å². The van der Waals surface area contributed by atoms with Crippen molar-refractivity contribution in [2.24, 2.45) is 12.8 Å². The molecule has 4 rings (SSSR count). The normalized spacial score (nSPS) is 12.7. The predicted molar refractivity (Wildman–Crippen MR) is 106 cm³/mol. The van der Waals surface area contributed by atoms with Crippen LogP contribution in [0.2, 0.25) is 0 Å². The van der Waals surface area contributed by atoms with Gasteiger partial charge in [-0.2, -0.15) is 0 Å². The Labute approximate surface area is 150 Å². The lowest BCUT2D eigenvalue weighted by molar-refractivity contribution is 0.476. The molecule has 2 aromatic heterocycles. The first-order chi connectivity index (χ1) is 12.5. The van der Waals surface area contributed by atoms with Crippen molar-refractivity contribution >= 4 is 21.8 Å². The van der Waals surface area contributed by atoms with Crippen molar-refractivity contribution in [1.82, 2.24) is 9.55 Å². The summed E-state index contributed by atoms with van der Waals surface area (Å²) in [6.45, 7) is 2.70. The zero-order chi connectivity index (χ0) is 18.4. The van der Waals surface area contributed by atoms with Gasteiger partial charge in [0.05, 0.1) is 0 Å². The van der Waals surface area contributed by atoms with Gasteiger partial charge >= 0.3 is 0 Å². The molecule has 1 unspecified atom stereocenters. The minimum absolute atomic E-state index is 0.139. The number of aromatic nitrogens is 2. The van der Waals surface area contributed by atoms with Gasteiger partial charge < -0.3 is 20.4 Å². The van der Waals surface area contributed by atoms with Crippen LogP contribution in [-0.4, -0.2) is 21.2 Å². The Morgan fingerprint density at radius 3 is 2.62 bits per heavy atom. The number of aromatic hydroxyl groups is 1. The number of hydrogen-bond acceptors (Lipinski definition) is 3. The highest BCUT2D eigenvalue weighted by atomic mass is 16.3. The highest BCUT2D eigenvalue weighted by Gasteiger charge is 2.16. The van der Waals surface area contributed by atoms with Gasteiger partial charge in [0.15, 0.2) is 0 Å². The zero-order valence-electron chi connectivity index (χ0n) is 14.8. The van der Waals surface area contributed by atoms with Gasteiger partial charge in [-0.25, -0.2) is 0 Å². The number of aromatic amines is 1. The molecule has 0 fully saturated rings. The second-order valence-corrected chi connectivity index (χ2v) is 6.82. The first-order valence-electron chi connectivity index (χ1n) is 8.64. The number of rotatable bonds is 3. The number of phenols is 1. The largest absolute Gasteiger partial charge is 0.508 e. The van der Waals surface area contributed by atoms with Crippen molar-refractivity contribution in [2.45, 2.75) is 12.8 Å². The molecule has 1 atom stereocenters. The number of aryl methyl sites for hydroxylation is 1. The maximum atomic E-state index is 12.6.